The molecule has 0 aliphatic heterocycles. The molecule has 0 amide bonds. The van der Waals surface area contributed by atoms with Gasteiger partial charge in [-0.1, -0.05) is 83.1 Å². The molecule has 0 aromatic rings. The summed E-state index contributed by atoms with van der Waals surface area (Å²) < 4.78 is 16.7. The third kappa shape index (κ3) is 21.4. The minimum Gasteiger partial charge on any atom is -0.385 e. The molecule has 0 heterocycles. The topological polar surface area (TPSA) is 27.7 Å². The molecule has 0 aliphatic rings. The molecule has 2 unspecified atom stereocenters. The second-order valence-corrected chi connectivity index (χ2v) is 14.2. The lowest BCUT2D eigenvalue weighted by atomic mass is 9.81. The van der Waals surface area contributed by atoms with Gasteiger partial charge in [-0.15, -0.1) is 0 Å². The third-order valence-corrected chi connectivity index (χ3v) is 7.50. The molecule has 0 aromatic heterocycles. The Labute approximate surface area is 236 Å². The van der Waals surface area contributed by atoms with Crippen molar-refractivity contribution in [1.29, 1.82) is 0 Å². The zero-order valence-corrected chi connectivity index (χ0v) is 29.2. The molecule has 0 saturated carbocycles. The Morgan fingerprint density at radius 3 is 1.14 bits per heavy atom. The minimum atomic E-state index is -0.0263. The summed E-state index contributed by atoms with van der Waals surface area (Å²) >= 11 is 0. The number of methoxy groups -OCH3 is 1. The summed E-state index contributed by atoms with van der Waals surface area (Å²) in [4.78, 5) is 0. The van der Waals surface area contributed by atoms with Crippen LogP contribution < -0.4 is 0 Å². The van der Waals surface area contributed by atoms with Crippen LogP contribution in [0.15, 0.2) is 0 Å². The number of rotatable bonds is 14. The van der Waals surface area contributed by atoms with E-state index in [-0.39, 0.29) is 5.60 Å². The normalized spacial score (nSPS) is 14.3. The molecular formula is C34H74O3. The van der Waals surface area contributed by atoms with Crippen LogP contribution in [0.5, 0.6) is 0 Å². The molecule has 3 heteroatoms. The fraction of sp³-hybridized carbons (Fsp3) is 1.00. The second kappa shape index (κ2) is 21.7. The average Bonchev–Trinajstić information content (AvgIpc) is 2.66. The lowest BCUT2D eigenvalue weighted by Gasteiger charge is -2.35. The zero-order chi connectivity index (χ0) is 30.1. The van der Waals surface area contributed by atoms with Gasteiger partial charge in [-0.25, -0.2) is 0 Å². The van der Waals surface area contributed by atoms with Crippen LogP contribution in [-0.2, 0) is 14.2 Å². The maximum atomic E-state index is 6.02. The zero-order valence-electron chi connectivity index (χ0n) is 29.2. The first kappa shape index (κ1) is 41.4. The Hall–Kier alpha value is -0.120. The van der Waals surface area contributed by atoms with Gasteiger partial charge in [-0.2, -0.15) is 0 Å². The van der Waals surface area contributed by atoms with E-state index in [0.717, 1.165) is 31.0 Å². The van der Waals surface area contributed by atoms with E-state index in [0.29, 0.717) is 47.7 Å². The summed E-state index contributed by atoms with van der Waals surface area (Å²) in [6, 6.07) is 0. The molecule has 0 fully saturated rings. The standard InChI is InChI=1S/C13H28O.C11H24O.C10H22O/c1-9(2)12(10(3)4)11(5)14-13(6,7)8;1-7-12-10(6)11(8(2)3)9(4)5;1-8(2)10(9(3)4)6-7-11-5/h9-12H,1-8H3;8-11H,7H2,1-6H3;8-10H,6-7H2,1-5H3. The predicted octanol–water partition coefficient (Wildman–Crippen LogP) is 10.4. The fourth-order valence-electron chi connectivity index (χ4n) is 6.41. The highest BCUT2D eigenvalue weighted by Crippen LogP contribution is 2.29. The van der Waals surface area contributed by atoms with E-state index in [1.807, 2.05) is 0 Å². The highest BCUT2D eigenvalue weighted by Gasteiger charge is 2.28. The van der Waals surface area contributed by atoms with E-state index in [1.165, 1.54) is 6.42 Å². The van der Waals surface area contributed by atoms with Crippen LogP contribution in [0, 0.1) is 53.3 Å². The fourth-order valence-corrected chi connectivity index (χ4v) is 6.41. The van der Waals surface area contributed by atoms with Crippen molar-refractivity contribution >= 4 is 0 Å². The smallest absolute Gasteiger partial charge is 0.0602 e. The van der Waals surface area contributed by atoms with Gasteiger partial charge in [0.15, 0.2) is 0 Å². The number of ether oxygens (including phenoxy) is 3. The van der Waals surface area contributed by atoms with Crippen molar-refractivity contribution < 1.29 is 14.2 Å². The third-order valence-electron chi connectivity index (χ3n) is 7.50. The van der Waals surface area contributed by atoms with Crippen molar-refractivity contribution in [2.75, 3.05) is 20.3 Å². The predicted molar refractivity (Wildman–Crippen MR) is 167 cm³/mol. The van der Waals surface area contributed by atoms with Crippen molar-refractivity contribution in [3.8, 4) is 0 Å². The number of hydrogen-bond donors (Lipinski definition) is 0. The summed E-state index contributed by atoms with van der Waals surface area (Å²) in [5.41, 5.74) is -0.0263. The van der Waals surface area contributed by atoms with Gasteiger partial charge in [0.05, 0.1) is 17.8 Å². The highest BCUT2D eigenvalue weighted by atomic mass is 16.5. The summed E-state index contributed by atoms with van der Waals surface area (Å²) in [5.74, 6) is 6.52. The Bertz CT molecular complexity index is 464. The van der Waals surface area contributed by atoms with Gasteiger partial charge in [-0.3, -0.25) is 0 Å². The molecular weight excluding hydrogens is 456 g/mol. The van der Waals surface area contributed by atoms with Crippen LogP contribution in [0.4, 0.5) is 0 Å². The largest absolute Gasteiger partial charge is 0.385 e. The van der Waals surface area contributed by atoms with Crippen LogP contribution in [0.2, 0.25) is 0 Å². The van der Waals surface area contributed by atoms with Crippen molar-refractivity contribution in [2.24, 2.45) is 53.3 Å². The van der Waals surface area contributed by atoms with Crippen molar-refractivity contribution in [3.05, 3.63) is 0 Å². The van der Waals surface area contributed by atoms with E-state index >= 15 is 0 Å². The average molecular weight is 531 g/mol. The van der Waals surface area contributed by atoms with Crippen molar-refractivity contribution in [2.45, 2.75) is 149 Å². The molecule has 0 bridgehead atoms. The molecule has 3 nitrogen and oxygen atoms in total. The summed E-state index contributed by atoms with van der Waals surface area (Å²) in [6.07, 6.45) is 1.94. The summed E-state index contributed by atoms with van der Waals surface area (Å²) in [7, 11) is 1.78. The van der Waals surface area contributed by atoms with E-state index in [2.05, 4.69) is 125 Å². The second-order valence-electron chi connectivity index (χ2n) is 14.2. The molecule has 0 saturated heterocycles. The van der Waals surface area contributed by atoms with Gasteiger partial charge in [-0.05, 0) is 101 Å². The maximum absolute atomic E-state index is 6.02. The van der Waals surface area contributed by atoms with Gasteiger partial charge < -0.3 is 14.2 Å². The monoisotopic (exact) mass is 531 g/mol. The highest BCUT2D eigenvalue weighted by molar-refractivity contribution is 4.76. The minimum absolute atomic E-state index is 0.0263. The van der Waals surface area contributed by atoms with Crippen LogP contribution in [0.3, 0.4) is 0 Å². The first-order chi connectivity index (χ1) is 16.7. The van der Waals surface area contributed by atoms with Crippen molar-refractivity contribution in [1.82, 2.24) is 0 Å². The van der Waals surface area contributed by atoms with Crippen LogP contribution >= 0.6 is 0 Å². The Morgan fingerprint density at radius 2 is 0.892 bits per heavy atom. The van der Waals surface area contributed by atoms with Gasteiger partial charge in [0.1, 0.15) is 0 Å². The molecule has 0 radical (unpaired) electrons. The Balaban J connectivity index is -0.000000473. The SMILES string of the molecule is CC(C)C(C(C)C)C(C)OC(C)(C)C.CCOC(C)C(C(C)C)C(C)C.COCCC(C(C)C)C(C)C. The van der Waals surface area contributed by atoms with Gasteiger partial charge in [0.2, 0.25) is 0 Å². The molecule has 0 aromatic carbocycles. The van der Waals surface area contributed by atoms with E-state index in [9.17, 15) is 0 Å². The van der Waals surface area contributed by atoms with Gasteiger partial charge >= 0.3 is 0 Å². The molecule has 228 valence electrons. The Morgan fingerprint density at radius 1 is 0.541 bits per heavy atom. The van der Waals surface area contributed by atoms with Crippen LogP contribution in [0.25, 0.3) is 0 Å². The molecule has 2 atom stereocenters. The first-order valence-corrected chi connectivity index (χ1v) is 15.5. The molecule has 37 heavy (non-hydrogen) atoms. The summed E-state index contributed by atoms with van der Waals surface area (Å²) in [5, 5.41) is 0. The molecule has 0 N–H and O–H groups in total. The lowest BCUT2D eigenvalue weighted by molar-refractivity contribution is -0.0931. The van der Waals surface area contributed by atoms with Gasteiger partial charge in [0.25, 0.3) is 0 Å². The quantitative estimate of drug-likeness (QED) is 0.223. The van der Waals surface area contributed by atoms with Crippen LogP contribution in [0.1, 0.15) is 131 Å². The van der Waals surface area contributed by atoms with Crippen molar-refractivity contribution in [3.63, 3.8) is 0 Å². The lowest BCUT2D eigenvalue weighted by Crippen LogP contribution is -2.35. The molecule has 0 rings (SSSR count). The molecule has 0 spiro atoms. The maximum Gasteiger partial charge on any atom is 0.0602 e. The van der Waals surface area contributed by atoms with Crippen LogP contribution in [-0.4, -0.2) is 38.1 Å². The first-order valence-electron chi connectivity index (χ1n) is 15.5. The number of hydrogen-bond acceptors (Lipinski definition) is 3. The Kier molecular flexibility index (Phi) is 24.2. The van der Waals surface area contributed by atoms with E-state index < -0.39 is 0 Å². The van der Waals surface area contributed by atoms with E-state index in [1.54, 1.807) is 7.11 Å². The van der Waals surface area contributed by atoms with E-state index in [4.69, 9.17) is 14.2 Å². The van der Waals surface area contributed by atoms with Gasteiger partial charge in [0, 0.05) is 20.3 Å². The summed E-state index contributed by atoms with van der Waals surface area (Å²) in [6.45, 7) is 42.0. The molecule has 0 aliphatic carbocycles.